The minimum Gasteiger partial charge on any atom is -0.405 e. The Labute approximate surface area is 209 Å². The fourth-order valence-corrected chi connectivity index (χ4v) is 4.83. The van der Waals surface area contributed by atoms with Gasteiger partial charge in [-0.1, -0.05) is 62.7 Å². The monoisotopic (exact) mass is 469 g/mol. The number of hydrogen-bond donors (Lipinski definition) is 0. The van der Waals surface area contributed by atoms with Crippen LogP contribution in [0.25, 0.3) is 0 Å². The minimum absolute atomic E-state index is 0.0386. The van der Waals surface area contributed by atoms with Crippen molar-refractivity contribution in [3.05, 3.63) is 95.6 Å². The molecule has 2 atom stereocenters. The lowest BCUT2D eigenvalue weighted by Crippen LogP contribution is -2.46. The molecule has 3 aromatic rings. The van der Waals surface area contributed by atoms with E-state index >= 15 is 0 Å². The second-order valence-electron chi connectivity index (χ2n) is 9.71. The van der Waals surface area contributed by atoms with E-state index in [0.29, 0.717) is 5.90 Å². The van der Waals surface area contributed by atoms with Crippen LogP contribution in [0.4, 0.5) is 11.4 Å². The Hall–Kier alpha value is -3.60. The molecule has 0 saturated heterocycles. The molecule has 0 spiro atoms. The van der Waals surface area contributed by atoms with Gasteiger partial charge >= 0.3 is 5.97 Å². The van der Waals surface area contributed by atoms with Crippen molar-refractivity contribution in [1.29, 1.82) is 0 Å². The number of hydrogen-bond acceptors (Lipinski definition) is 5. The van der Waals surface area contributed by atoms with E-state index in [1.54, 1.807) is 0 Å². The molecule has 4 rings (SSSR count). The average Bonchev–Trinajstić information content (AvgIpc) is 3.22. The van der Waals surface area contributed by atoms with Crippen LogP contribution in [-0.2, 0) is 9.53 Å². The maximum absolute atomic E-state index is 13.9. The van der Waals surface area contributed by atoms with Gasteiger partial charge in [0.05, 0.1) is 0 Å². The molecule has 5 heteroatoms. The van der Waals surface area contributed by atoms with Gasteiger partial charge in [-0.05, 0) is 53.4 Å². The van der Waals surface area contributed by atoms with Gasteiger partial charge in [-0.15, -0.1) is 0 Å². The van der Waals surface area contributed by atoms with E-state index in [9.17, 15) is 4.79 Å². The maximum Gasteiger partial charge on any atom is 0.342 e. The van der Waals surface area contributed by atoms with Gasteiger partial charge in [-0.3, -0.25) is 0 Å². The lowest BCUT2D eigenvalue weighted by molar-refractivity contribution is -0.141. The number of cyclic esters (lactones) is 1. The van der Waals surface area contributed by atoms with Crippen molar-refractivity contribution in [2.45, 2.75) is 31.7 Å². The summed E-state index contributed by atoms with van der Waals surface area (Å²) in [6, 6.07) is 26.6. The van der Waals surface area contributed by atoms with Crippen LogP contribution >= 0.6 is 0 Å². The molecule has 0 N–H and O–H groups in total. The molecule has 0 fully saturated rings. The van der Waals surface area contributed by atoms with Crippen LogP contribution in [0, 0.1) is 5.92 Å². The van der Waals surface area contributed by atoms with Gasteiger partial charge in [-0.25, -0.2) is 9.79 Å². The summed E-state index contributed by atoms with van der Waals surface area (Å²) in [5.74, 6) is -0.221. The molecule has 182 valence electrons. The highest BCUT2D eigenvalue weighted by molar-refractivity contribution is 6.08. The number of carbonyl (C=O) groups is 1. The van der Waals surface area contributed by atoms with E-state index in [4.69, 9.17) is 9.73 Å². The first-order chi connectivity index (χ1) is 16.8. The number of rotatable bonds is 8. The maximum atomic E-state index is 13.9. The number of carbonyl (C=O) groups excluding carboxylic acids is 1. The zero-order chi connectivity index (χ0) is 25.2. The van der Waals surface area contributed by atoms with Crippen molar-refractivity contribution >= 4 is 23.2 Å². The fraction of sp³-hybridized carbons (Fsp3) is 0.333. The van der Waals surface area contributed by atoms with Crippen LogP contribution in [0.3, 0.4) is 0 Å². The van der Waals surface area contributed by atoms with Crippen LogP contribution in [0.1, 0.15) is 42.9 Å². The van der Waals surface area contributed by atoms with E-state index < -0.39 is 5.54 Å². The molecule has 0 radical (unpaired) electrons. The SMILES string of the molecule is CCC(C)C1(C(c2ccc(N(C)C)cc2)c2ccc(N(C)C)cc2)N=C(c2ccccc2)OC1=O. The molecular weight excluding hydrogens is 434 g/mol. The van der Waals surface area contributed by atoms with Crippen molar-refractivity contribution in [2.75, 3.05) is 38.0 Å². The van der Waals surface area contributed by atoms with E-state index in [0.717, 1.165) is 34.5 Å². The van der Waals surface area contributed by atoms with Gasteiger partial charge in [0, 0.05) is 51.0 Å². The van der Waals surface area contributed by atoms with E-state index in [2.05, 4.69) is 72.2 Å². The van der Waals surface area contributed by atoms with Gasteiger partial charge in [0.15, 0.2) is 5.54 Å². The molecule has 1 aliphatic rings. The molecule has 0 aromatic heterocycles. The fourth-order valence-electron chi connectivity index (χ4n) is 4.83. The van der Waals surface area contributed by atoms with Gasteiger partial charge in [0.25, 0.3) is 0 Å². The molecule has 0 amide bonds. The van der Waals surface area contributed by atoms with Crippen LogP contribution in [-0.4, -0.2) is 45.6 Å². The molecule has 3 aromatic carbocycles. The van der Waals surface area contributed by atoms with Gasteiger partial charge in [0.2, 0.25) is 5.90 Å². The summed E-state index contributed by atoms with van der Waals surface area (Å²) < 4.78 is 5.93. The summed E-state index contributed by atoms with van der Waals surface area (Å²) >= 11 is 0. The second kappa shape index (κ2) is 9.95. The van der Waals surface area contributed by atoms with E-state index in [-0.39, 0.29) is 17.8 Å². The molecular formula is C30H35N3O2. The first-order valence-corrected chi connectivity index (χ1v) is 12.2. The van der Waals surface area contributed by atoms with Crippen molar-refractivity contribution in [1.82, 2.24) is 0 Å². The molecule has 2 unspecified atom stereocenters. The number of aliphatic imine (C=N–C) groups is 1. The highest BCUT2D eigenvalue weighted by Crippen LogP contribution is 2.47. The Bertz CT molecular complexity index is 1130. The third kappa shape index (κ3) is 4.55. The Balaban J connectivity index is 1.93. The summed E-state index contributed by atoms with van der Waals surface area (Å²) in [6.45, 7) is 4.21. The van der Waals surface area contributed by atoms with Crippen LogP contribution in [0.5, 0.6) is 0 Å². The molecule has 35 heavy (non-hydrogen) atoms. The Kier molecular flexibility index (Phi) is 6.97. The summed E-state index contributed by atoms with van der Waals surface area (Å²) in [5.41, 5.74) is 4.05. The first kappa shape index (κ1) is 24.5. The number of anilines is 2. The summed E-state index contributed by atoms with van der Waals surface area (Å²) in [7, 11) is 8.10. The van der Waals surface area contributed by atoms with Crippen molar-refractivity contribution in [3.63, 3.8) is 0 Å². The quantitative estimate of drug-likeness (QED) is 0.395. The number of nitrogens with zero attached hydrogens (tertiary/aromatic N) is 3. The van der Waals surface area contributed by atoms with Gasteiger partial charge in [-0.2, -0.15) is 0 Å². The van der Waals surface area contributed by atoms with Crippen molar-refractivity contribution in [3.8, 4) is 0 Å². The lowest BCUT2D eigenvalue weighted by Gasteiger charge is -2.37. The largest absolute Gasteiger partial charge is 0.405 e. The predicted molar refractivity (Wildman–Crippen MR) is 145 cm³/mol. The average molecular weight is 470 g/mol. The van der Waals surface area contributed by atoms with E-state index in [1.807, 2.05) is 58.5 Å². The molecule has 0 bridgehead atoms. The molecule has 0 aliphatic carbocycles. The minimum atomic E-state index is -1.07. The van der Waals surface area contributed by atoms with Crippen molar-refractivity contribution < 1.29 is 9.53 Å². The lowest BCUT2D eigenvalue weighted by atomic mass is 9.68. The zero-order valence-corrected chi connectivity index (χ0v) is 21.5. The summed E-state index contributed by atoms with van der Waals surface area (Å²) in [4.78, 5) is 23.1. The molecule has 1 aliphatic heterocycles. The standard InChI is InChI=1S/C30H35N3O2/c1-7-21(2)30(29(34)35-28(31-30)24-11-9-8-10-12-24)27(22-13-17-25(18-14-22)32(3)4)23-15-19-26(20-16-23)33(5)6/h8-21,27H,7H2,1-6H3. The number of esters is 1. The van der Waals surface area contributed by atoms with Crippen LogP contribution in [0.15, 0.2) is 83.9 Å². The Morgan fingerprint density at radius 3 is 1.71 bits per heavy atom. The van der Waals surface area contributed by atoms with E-state index in [1.165, 1.54) is 0 Å². The molecule has 0 saturated carbocycles. The second-order valence-corrected chi connectivity index (χ2v) is 9.71. The Morgan fingerprint density at radius 1 is 0.800 bits per heavy atom. The summed E-state index contributed by atoms with van der Waals surface area (Å²) in [5, 5.41) is 0. The third-order valence-corrected chi connectivity index (χ3v) is 7.11. The van der Waals surface area contributed by atoms with Crippen LogP contribution in [0.2, 0.25) is 0 Å². The number of ether oxygens (including phenoxy) is 1. The number of benzene rings is 3. The topological polar surface area (TPSA) is 45.1 Å². The normalized spacial score (nSPS) is 18.3. The predicted octanol–water partition coefficient (Wildman–Crippen LogP) is 5.74. The van der Waals surface area contributed by atoms with Crippen molar-refractivity contribution in [2.24, 2.45) is 10.9 Å². The van der Waals surface area contributed by atoms with Crippen LogP contribution < -0.4 is 9.80 Å². The Morgan fingerprint density at radius 2 is 1.29 bits per heavy atom. The molecule has 1 heterocycles. The van der Waals surface area contributed by atoms with Gasteiger partial charge in [0.1, 0.15) is 0 Å². The third-order valence-electron chi connectivity index (χ3n) is 7.11. The first-order valence-electron chi connectivity index (χ1n) is 12.2. The summed E-state index contributed by atoms with van der Waals surface area (Å²) in [6.07, 6.45) is 0.794. The highest BCUT2D eigenvalue weighted by atomic mass is 16.6. The smallest absolute Gasteiger partial charge is 0.342 e. The molecule has 5 nitrogen and oxygen atoms in total. The van der Waals surface area contributed by atoms with Gasteiger partial charge < -0.3 is 14.5 Å². The highest BCUT2D eigenvalue weighted by Gasteiger charge is 2.56. The zero-order valence-electron chi connectivity index (χ0n) is 21.5.